The van der Waals surface area contributed by atoms with Crippen molar-refractivity contribution in [2.75, 3.05) is 26.3 Å². The average molecular weight is 358 g/mol. The molecule has 3 heterocycles. The van der Waals surface area contributed by atoms with Crippen molar-refractivity contribution >= 4 is 5.91 Å². The Hall–Kier alpha value is -2.18. The molecular weight excluding hydrogens is 335 g/mol. The van der Waals surface area contributed by atoms with Crippen molar-refractivity contribution in [3.63, 3.8) is 0 Å². The van der Waals surface area contributed by atoms with Gasteiger partial charge in [-0.05, 0) is 38.1 Å². The van der Waals surface area contributed by atoms with E-state index in [0.29, 0.717) is 44.7 Å². The van der Waals surface area contributed by atoms with Crippen LogP contribution in [0.3, 0.4) is 0 Å². The second kappa shape index (κ2) is 6.52. The molecule has 2 aromatic rings. The molecule has 2 aliphatic rings. The molecule has 0 N–H and O–H groups in total. The van der Waals surface area contributed by atoms with Crippen molar-refractivity contribution < 1.29 is 18.7 Å². The number of halogens is 1. The number of amides is 1. The van der Waals surface area contributed by atoms with Gasteiger partial charge in [-0.3, -0.25) is 4.79 Å². The predicted molar refractivity (Wildman–Crippen MR) is 95.0 cm³/mol. The number of hydrogen-bond donors (Lipinski definition) is 0. The minimum Gasteiger partial charge on any atom is -0.347 e. The van der Waals surface area contributed by atoms with E-state index in [1.165, 1.54) is 12.1 Å². The van der Waals surface area contributed by atoms with Crippen LogP contribution in [0.2, 0.25) is 0 Å². The fraction of sp³-hybridized carbons (Fsp3) is 0.450. The van der Waals surface area contributed by atoms with E-state index >= 15 is 0 Å². The molecular formula is C20H23FN2O3. The third kappa shape index (κ3) is 2.93. The molecule has 0 aliphatic carbocycles. The number of carbonyl (C=O) groups excluding carboxylic acids is 1. The Morgan fingerprint density at radius 2 is 1.81 bits per heavy atom. The zero-order valence-corrected chi connectivity index (χ0v) is 15.1. The molecule has 1 aromatic carbocycles. The molecule has 1 aromatic heterocycles. The van der Waals surface area contributed by atoms with Crippen LogP contribution >= 0.6 is 0 Å². The zero-order chi connectivity index (χ0) is 18.3. The summed E-state index contributed by atoms with van der Waals surface area (Å²) in [5, 5.41) is 0. The van der Waals surface area contributed by atoms with Gasteiger partial charge in [-0.25, -0.2) is 4.39 Å². The van der Waals surface area contributed by atoms with E-state index in [-0.39, 0.29) is 11.7 Å². The molecule has 0 unspecified atom stereocenters. The Morgan fingerprint density at radius 3 is 2.46 bits per heavy atom. The van der Waals surface area contributed by atoms with Gasteiger partial charge in [-0.2, -0.15) is 0 Å². The molecule has 4 rings (SSSR count). The van der Waals surface area contributed by atoms with Crippen LogP contribution in [0.25, 0.3) is 5.69 Å². The molecule has 138 valence electrons. The van der Waals surface area contributed by atoms with Gasteiger partial charge in [-0.1, -0.05) is 6.07 Å². The second-order valence-corrected chi connectivity index (χ2v) is 7.00. The molecule has 2 aliphatic heterocycles. The first-order valence-electron chi connectivity index (χ1n) is 9.01. The Kier molecular flexibility index (Phi) is 4.32. The van der Waals surface area contributed by atoms with Crippen LogP contribution < -0.4 is 0 Å². The second-order valence-electron chi connectivity index (χ2n) is 7.00. The first-order chi connectivity index (χ1) is 12.5. The number of likely N-dealkylation sites (tertiary alicyclic amines) is 1. The summed E-state index contributed by atoms with van der Waals surface area (Å²) in [5.74, 6) is -0.774. The first-order valence-corrected chi connectivity index (χ1v) is 9.01. The average Bonchev–Trinajstić information content (AvgIpc) is 3.19. The van der Waals surface area contributed by atoms with E-state index in [2.05, 4.69) is 0 Å². The highest BCUT2D eigenvalue weighted by Crippen LogP contribution is 2.32. The maximum atomic E-state index is 13.6. The van der Waals surface area contributed by atoms with E-state index in [0.717, 1.165) is 17.1 Å². The number of hydrogen-bond acceptors (Lipinski definition) is 3. The van der Waals surface area contributed by atoms with Crippen LogP contribution in [-0.4, -0.2) is 47.5 Å². The monoisotopic (exact) mass is 358 g/mol. The highest BCUT2D eigenvalue weighted by Gasteiger charge is 2.41. The normalized spacial score (nSPS) is 19.3. The summed E-state index contributed by atoms with van der Waals surface area (Å²) in [6, 6.07) is 8.30. The van der Waals surface area contributed by atoms with E-state index in [4.69, 9.17) is 9.47 Å². The molecule has 0 saturated carbocycles. The number of piperidine rings is 1. The highest BCUT2D eigenvalue weighted by molar-refractivity contribution is 5.96. The summed E-state index contributed by atoms with van der Waals surface area (Å²) in [6.45, 7) is 6.32. The summed E-state index contributed by atoms with van der Waals surface area (Å²) in [6.07, 6.45) is 1.39. The lowest BCUT2D eigenvalue weighted by atomic mass is 10.0. The van der Waals surface area contributed by atoms with Gasteiger partial charge >= 0.3 is 0 Å². The van der Waals surface area contributed by atoms with Crippen molar-refractivity contribution in [1.82, 2.24) is 9.47 Å². The summed E-state index contributed by atoms with van der Waals surface area (Å²) in [4.78, 5) is 14.9. The molecule has 5 nitrogen and oxygen atoms in total. The van der Waals surface area contributed by atoms with Gasteiger partial charge in [0.25, 0.3) is 5.91 Å². The number of rotatable bonds is 2. The van der Waals surface area contributed by atoms with E-state index < -0.39 is 5.79 Å². The minimum absolute atomic E-state index is 0.00796. The molecule has 0 atom stereocenters. The van der Waals surface area contributed by atoms with Crippen molar-refractivity contribution in [2.24, 2.45) is 0 Å². The number of benzene rings is 1. The number of ether oxygens (including phenoxy) is 2. The van der Waals surface area contributed by atoms with Crippen LogP contribution in [0.5, 0.6) is 0 Å². The third-order valence-corrected chi connectivity index (χ3v) is 5.35. The largest absolute Gasteiger partial charge is 0.347 e. The Bertz CT molecular complexity index is 830. The maximum Gasteiger partial charge on any atom is 0.255 e. The van der Waals surface area contributed by atoms with Gasteiger partial charge in [0.15, 0.2) is 5.79 Å². The fourth-order valence-electron chi connectivity index (χ4n) is 4.00. The van der Waals surface area contributed by atoms with E-state index in [1.807, 2.05) is 35.4 Å². The van der Waals surface area contributed by atoms with Gasteiger partial charge in [0.2, 0.25) is 0 Å². The van der Waals surface area contributed by atoms with Gasteiger partial charge in [0, 0.05) is 43.0 Å². The summed E-state index contributed by atoms with van der Waals surface area (Å²) in [5.41, 5.74) is 3.12. The summed E-state index contributed by atoms with van der Waals surface area (Å²) in [7, 11) is 0. The molecule has 26 heavy (non-hydrogen) atoms. The number of aromatic nitrogens is 1. The van der Waals surface area contributed by atoms with Gasteiger partial charge in [0.1, 0.15) is 5.82 Å². The number of nitrogens with zero attached hydrogens (tertiary/aromatic N) is 2. The maximum absolute atomic E-state index is 13.6. The Morgan fingerprint density at radius 1 is 1.12 bits per heavy atom. The predicted octanol–water partition coefficient (Wildman–Crippen LogP) is 3.21. The molecule has 1 amide bonds. The fourth-order valence-corrected chi connectivity index (χ4v) is 4.00. The van der Waals surface area contributed by atoms with Gasteiger partial charge in [0.05, 0.1) is 18.8 Å². The summed E-state index contributed by atoms with van der Waals surface area (Å²) < 4.78 is 27.0. The van der Waals surface area contributed by atoms with Crippen LogP contribution in [0.4, 0.5) is 4.39 Å². The van der Waals surface area contributed by atoms with Gasteiger partial charge in [-0.15, -0.1) is 0 Å². The lowest BCUT2D eigenvalue weighted by Gasteiger charge is -2.37. The zero-order valence-electron chi connectivity index (χ0n) is 15.1. The van der Waals surface area contributed by atoms with Crippen molar-refractivity contribution in [1.29, 1.82) is 0 Å². The third-order valence-electron chi connectivity index (χ3n) is 5.35. The smallest absolute Gasteiger partial charge is 0.255 e. The molecule has 2 saturated heterocycles. The van der Waals surface area contributed by atoms with E-state index in [1.54, 1.807) is 6.07 Å². The molecule has 2 fully saturated rings. The van der Waals surface area contributed by atoms with Crippen LogP contribution in [0, 0.1) is 19.7 Å². The number of carbonyl (C=O) groups is 1. The Balaban J connectivity index is 1.57. The number of aryl methyl sites for hydroxylation is 1. The Labute approximate surface area is 152 Å². The standard InChI is InChI=1S/C20H23FN2O3/c1-14-12-18(15(2)23(14)17-5-3-4-16(21)13-17)19(24)22-8-6-20(7-9-22)25-10-11-26-20/h3-5,12-13H,6-11H2,1-2H3. The van der Waals surface area contributed by atoms with Crippen LogP contribution in [0.15, 0.2) is 30.3 Å². The first kappa shape index (κ1) is 17.2. The minimum atomic E-state index is -0.491. The van der Waals surface area contributed by atoms with Crippen molar-refractivity contribution in [3.8, 4) is 5.69 Å². The molecule has 1 spiro atoms. The SMILES string of the molecule is Cc1cc(C(=O)N2CCC3(CC2)OCCO3)c(C)n1-c1cccc(F)c1. The molecule has 0 bridgehead atoms. The van der Waals surface area contributed by atoms with Crippen molar-refractivity contribution in [2.45, 2.75) is 32.5 Å². The van der Waals surface area contributed by atoms with E-state index in [9.17, 15) is 9.18 Å². The lowest BCUT2D eigenvalue weighted by Crippen LogP contribution is -2.47. The van der Waals surface area contributed by atoms with Crippen molar-refractivity contribution in [3.05, 3.63) is 53.1 Å². The van der Waals surface area contributed by atoms with Gasteiger partial charge < -0.3 is 18.9 Å². The highest BCUT2D eigenvalue weighted by atomic mass is 19.1. The summed E-state index contributed by atoms with van der Waals surface area (Å²) >= 11 is 0. The molecule has 0 radical (unpaired) electrons. The van der Waals surface area contributed by atoms with Crippen LogP contribution in [-0.2, 0) is 9.47 Å². The topological polar surface area (TPSA) is 43.7 Å². The quantitative estimate of drug-likeness (QED) is 0.828. The lowest BCUT2D eigenvalue weighted by molar-refractivity contribution is -0.181. The molecule has 6 heteroatoms. The van der Waals surface area contributed by atoms with Crippen LogP contribution in [0.1, 0.15) is 34.6 Å².